The quantitative estimate of drug-likeness (QED) is 0.807. The maximum Gasteiger partial charge on any atom is 0.252 e. The highest BCUT2D eigenvalue weighted by molar-refractivity contribution is 7.91. The fourth-order valence-electron chi connectivity index (χ4n) is 3.17. The molecule has 1 saturated heterocycles. The van der Waals surface area contributed by atoms with Crippen molar-refractivity contribution in [1.29, 1.82) is 0 Å². The highest BCUT2D eigenvalue weighted by Gasteiger charge is 2.36. The molecule has 24 heavy (non-hydrogen) atoms. The number of halogens is 1. The van der Waals surface area contributed by atoms with E-state index in [0.717, 1.165) is 17.9 Å². The zero-order valence-electron chi connectivity index (χ0n) is 13.7. The summed E-state index contributed by atoms with van der Waals surface area (Å²) in [6, 6.07) is 13.8. The predicted molar refractivity (Wildman–Crippen MR) is 99.0 cm³/mol. The molecule has 0 saturated carbocycles. The molecule has 2 unspecified atom stereocenters. The molecule has 2 aromatic rings. The first-order valence-corrected chi connectivity index (χ1v) is 10.6. The van der Waals surface area contributed by atoms with Crippen molar-refractivity contribution in [2.24, 2.45) is 0 Å². The first kappa shape index (κ1) is 17.9. The van der Waals surface area contributed by atoms with E-state index in [2.05, 4.69) is 30.9 Å². The standard InChI is InChI=1S/C17H21ClN2O2S2/c1-13-10-19(24(21,22)17-9-8-16(18)23-17)11-14(2)20(13)12-15-6-4-3-5-7-15/h3-9,13-14H,10-12H2,1-2H3. The van der Waals surface area contributed by atoms with Gasteiger partial charge >= 0.3 is 0 Å². The molecule has 1 aliphatic rings. The molecular weight excluding hydrogens is 364 g/mol. The van der Waals surface area contributed by atoms with E-state index in [1.807, 2.05) is 18.2 Å². The van der Waals surface area contributed by atoms with Crippen LogP contribution in [0.4, 0.5) is 0 Å². The van der Waals surface area contributed by atoms with Crippen LogP contribution in [0.2, 0.25) is 4.34 Å². The highest BCUT2D eigenvalue weighted by Crippen LogP contribution is 2.30. The Morgan fingerprint density at radius 1 is 1.08 bits per heavy atom. The molecule has 0 amide bonds. The summed E-state index contributed by atoms with van der Waals surface area (Å²) in [7, 11) is -3.46. The number of benzene rings is 1. The molecule has 0 bridgehead atoms. The van der Waals surface area contributed by atoms with Gasteiger partial charge in [0.15, 0.2) is 0 Å². The average Bonchev–Trinajstić information content (AvgIpc) is 2.99. The maximum absolute atomic E-state index is 12.8. The zero-order valence-corrected chi connectivity index (χ0v) is 16.1. The molecule has 0 spiro atoms. The normalized spacial score (nSPS) is 23.5. The van der Waals surface area contributed by atoms with Gasteiger partial charge in [0.05, 0.1) is 4.34 Å². The Labute approximate surface area is 152 Å². The van der Waals surface area contributed by atoms with Gasteiger partial charge < -0.3 is 0 Å². The van der Waals surface area contributed by atoms with Crippen LogP contribution in [0.15, 0.2) is 46.7 Å². The SMILES string of the molecule is CC1CN(S(=O)(=O)c2ccc(Cl)s2)CC(C)N1Cc1ccccc1. The van der Waals surface area contributed by atoms with Crippen molar-refractivity contribution in [3.63, 3.8) is 0 Å². The number of piperazine rings is 1. The van der Waals surface area contributed by atoms with Crippen molar-refractivity contribution >= 4 is 33.0 Å². The first-order valence-electron chi connectivity index (χ1n) is 7.93. The van der Waals surface area contributed by atoms with Crippen LogP contribution in [0.1, 0.15) is 19.4 Å². The van der Waals surface area contributed by atoms with E-state index in [4.69, 9.17) is 11.6 Å². The van der Waals surface area contributed by atoms with Crippen molar-refractivity contribution in [1.82, 2.24) is 9.21 Å². The van der Waals surface area contributed by atoms with Crippen LogP contribution >= 0.6 is 22.9 Å². The number of rotatable bonds is 4. The Hall–Kier alpha value is -0.920. The lowest BCUT2D eigenvalue weighted by atomic mass is 10.1. The average molecular weight is 385 g/mol. The molecule has 2 atom stereocenters. The molecule has 0 N–H and O–H groups in total. The molecular formula is C17H21ClN2O2S2. The van der Waals surface area contributed by atoms with Gasteiger partial charge in [0, 0.05) is 31.7 Å². The smallest absolute Gasteiger partial charge is 0.252 e. The lowest BCUT2D eigenvalue weighted by Gasteiger charge is -2.43. The number of hydrogen-bond acceptors (Lipinski definition) is 4. The summed E-state index contributed by atoms with van der Waals surface area (Å²) in [5.41, 5.74) is 1.25. The summed E-state index contributed by atoms with van der Waals surface area (Å²) >= 11 is 7.02. The molecule has 130 valence electrons. The van der Waals surface area contributed by atoms with E-state index >= 15 is 0 Å². The van der Waals surface area contributed by atoms with E-state index in [-0.39, 0.29) is 12.1 Å². The summed E-state index contributed by atoms with van der Waals surface area (Å²) in [6.07, 6.45) is 0. The van der Waals surface area contributed by atoms with Gasteiger partial charge in [-0.05, 0) is 31.5 Å². The second kappa shape index (κ2) is 7.14. The van der Waals surface area contributed by atoms with Gasteiger partial charge in [-0.25, -0.2) is 8.42 Å². The number of sulfonamides is 1. The van der Waals surface area contributed by atoms with Gasteiger partial charge in [0.1, 0.15) is 4.21 Å². The summed E-state index contributed by atoms with van der Waals surface area (Å²) in [6.45, 7) is 6.00. The summed E-state index contributed by atoms with van der Waals surface area (Å²) in [5.74, 6) is 0. The van der Waals surface area contributed by atoms with Crippen LogP contribution in [0.3, 0.4) is 0 Å². The molecule has 7 heteroatoms. The van der Waals surface area contributed by atoms with Crippen LogP contribution in [-0.4, -0.2) is 42.8 Å². The van der Waals surface area contributed by atoms with Gasteiger partial charge in [-0.15, -0.1) is 11.3 Å². The molecule has 3 rings (SSSR count). The van der Waals surface area contributed by atoms with E-state index in [1.165, 1.54) is 5.56 Å². The van der Waals surface area contributed by atoms with Crippen molar-refractivity contribution in [2.45, 2.75) is 36.7 Å². The third-order valence-corrected chi connectivity index (χ3v) is 7.95. The minimum absolute atomic E-state index is 0.152. The van der Waals surface area contributed by atoms with Gasteiger partial charge in [0.25, 0.3) is 10.0 Å². The Morgan fingerprint density at radius 2 is 1.71 bits per heavy atom. The van der Waals surface area contributed by atoms with Crippen molar-refractivity contribution in [3.8, 4) is 0 Å². The molecule has 0 radical (unpaired) electrons. The van der Waals surface area contributed by atoms with Crippen LogP contribution in [-0.2, 0) is 16.6 Å². The van der Waals surface area contributed by atoms with Crippen molar-refractivity contribution in [3.05, 3.63) is 52.4 Å². The minimum atomic E-state index is -3.46. The lowest BCUT2D eigenvalue weighted by molar-refractivity contribution is 0.0700. The third kappa shape index (κ3) is 3.68. The van der Waals surface area contributed by atoms with Crippen LogP contribution in [0.25, 0.3) is 0 Å². The number of thiophene rings is 1. The molecule has 0 aliphatic carbocycles. The first-order chi connectivity index (χ1) is 11.4. The largest absolute Gasteiger partial charge is 0.291 e. The fourth-order valence-corrected chi connectivity index (χ4v) is 6.41. The number of nitrogens with zero attached hydrogens (tertiary/aromatic N) is 2. The summed E-state index contributed by atoms with van der Waals surface area (Å²) in [4.78, 5) is 2.36. The van der Waals surface area contributed by atoms with Gasteiger partial charge in [0.2, 0.25) is 0 Å². The Bertz CT molecular complexity index is 780. The van der Waals surface area contributed by atoms with E-state index in [9.17, 15) is 8.42 Å². The van der Waals surface area contributed by atoms with Gasteiger partial charge in [-0.2, -0.15) is 4.31 Å². The molecule has 1 aromatic carbocycles. The monoisotopic (exact) mass is 384 g/mol. The Balaban J connectivity index is 1.75. The molecule has 1 aliphatic heterocycles. The Morgan fingerprint density at radius 3 is 2.25 bits per heavy atom. The molecule has 2 heterocycles. The van der Waals surface area contributed by atoms with E-state index in [0.29, 0.717) is 21.6 Å². The topological polar surface area (TPSA) is 40.6 Å². The fraction of sp³-hybridized carbons (Fsp3) is 0.412. The van der Waals surface area contributed by atoms with E-state index in [1.54, 1.807) is 16.4 Å². The van der Waals surface area contributed by atoms with Crippen LogP contribution in [0, 0.1) is 0 Å². The molecule has 4 nitrogen and oxygen atoms in total. The zero-order chi connectivity index (χ0) is 17.3. The molecule has 1 aromatic heterocycles. The van der Waals surface area contributed by atoms with E-state index < -0.39 is 10.0 Å². The molecule has 1 fully saturated rings. The minimum Gasteiger partial charge on any atom is -0.291 e. The van der Waals surface area contributed by atoms with Crippen molar-refractivity contribution < 1.29 is 8.42 Å². The Kier molecular flexibility index (Phi) is 5.32. The van der Waals surface area contributed by atoms with Crippen LogP contribution in [0.5, 0.6) is 0 Å². The highest BCUT2D eigenvalue weighted by atomic mass is 35.5. The predicted octanol–water partition coefficient (Wildman–Crippen LogP) is 3.69. The second-order valence-corrected chi connectivity index (χ2v) is 10.1. The van der Waals surface area contributed by atoms with Crippen molar-refractivity contribution in [2.75, 3.05) is 13.1 Å². The van der Waals surface area contributed by atoms with Gasteiger partial charge in [-0.1, -0.05) is 41.9 Å². The summed E-state index contributed by atoms with van der Waals surface area (Å²) < 4.78 is 28.0. The van der Waals surface area contributed by atoms with Gasteiger partial charge in [-0.3, -0.25) is 4.90 Å². The number of hydrogen-bond donors (Lipinski definition) is 0. The summed E-state index contributed by atoms with van der Waals surface area (Å²) in [5, 5.41) is 0. The maximum atomic E-state index is 12.8. The van der Waals surface area contributed by atoms with Crippen LogP contribution < -0.4 is 0 Å². The second-order valence-electron chi connectivity index (χ2n) is 6.24. The third-order valence-electron chi connectivity index (χ3n) is 4.42. The lowest BCUT2D eigenvalue weighted by Crippen LogP contribution is -2.57.